The van der Waals surface area contributed by atoms with E-state index in [-0.39, 0.29) is 30.9 Å². The molecule has 3 aromatic carbocycles. The number of likely N-dealkylation sites (N-methyl/N-ethyl adjacent to an activating group) is 1. The SMILES string of the molecule is C[C@@H]1CN([C@@H](C)CO)C(=O)c2ccccc2-c2ccccc2CO[C@H]1CN(C)C(=O)c1cc(Cl)cc(Cl)c1. The molecule has 1 aliphatic rings. The quantitative estimate of drug-likeness (QED) is 0.433. The molecule has 0 fully saturated rings. The number of rotatable bonds is 5. The van der Waals surface area contributed by atoms with Gasteiger partial charge in [0.25, 0.3) is 11.8 Å². The highest BCUT2D eigenvalue weighted by Gasteiger charge is 2.31. The molecule has 6 nitrogen and oxygen atoms in total. The number of hydrogen-bond donors (Lipinski definition) is 1. The van der Waals surface area contributed by atoms with Crippen LogP contribution < -0.4 is 0 Å². The summed E-state index contributed by atoms with van der Waals surface area (Å²) in [6.07, 6.45) is -0.394. The maximum absolute atomic E-state index is 13.9. The van der Waals surface area contributed by atoms with E-state index in [0.717, 1.165) is 16.7 Å². The number of carbonyl (C=O) groups is 2. The second-order valence-corrected chi connectivity index (χ2v) is 10.7. The number of fused-ring (bicyclic) bond motifs is 3. The van der Waals surface area contributed by atoms with Crippen LogP contribution in [0.4, 0.5) is 0 Å². The highest BCUT2D eigenvalue weighted by Crippen LogP contribution is 2.31. The Balaban J connectivity index is 1.70. The predicted molar refractivity (Wildman–Crippen MR) is 151 cm³/mol. The average molecular weight is 556 g/mol. The van der Waals surface area contributed by atoms with Crippen molar-refractivity contribution in [3.8, 4) is 11.1 Å². The molecule has 0 bridgehead atoms. The van der Waals surface area contributed by atoms with Crippen LogP contribution in [0.25, 0.3) is 11.1 Å². The monoisotopic (exact) mass is 554 g/mol. The summed E-state index contributed by atoms with van der Waals surface area (Å²) in [5.74, 6) is -0.532. The minimum Gasteiger partial charge on any atom is -0.394 e. The number of amides is 2. The molecule has 3 aromatic rings. The minimum absolute atomic E-state index is 0.149. The van der Waals surface area contributed by atoms with E-state index in [4.69, 9.17) is 27.9 Å². The van der Waals surface area contributed by atoms with E-state index in [1.807, 2.05) is 62.4 Å². The van der Waals surface area contributed by atoms with Crippen molar-refractivity contribution >= 4 is 35.0 Å². The molecular formula is C30H32Cl2N2O4. The lowest BCUT2D eigenvalue weighted by Gasteiger charge is -2.35. The van der Waals surface area contributed by atoms with Crippen LogP contribution in [-0.4, -0.2) is 65.6 Å². The summed E-state index contributed by atoms with van der Waals surface area (Å²) in [5.41, 5.74) is 3.66. The van der Waals surface area contributed by atoms with Gasteiger partial charge in [-0.25, -0.2) is 0 Å². The van der Waals surface area contributed by atoms with E-state index >= 15 is 0 Å². The molecule has 38 heavy (non-hydrogen) atoms. The number of ether oxygens (including phenoxy) is 1. The molecule has 1 N–H and O–H groups in total. The maximum atomic E-state index is 13.9. The molecule has 0 unspecified atom stereocenters. The third-order valence-electron chi connectivity index (χ3n) is 7.00. The number of hydrogen-bond acceptors (Lipinski definition) is 4. The number of benzene rings is 3. The van der Waals surface area contributed by atoms with Crippen LogP contribution in [0.15, 0.2) is 66.7 Å². The lowest BCUT2D eigenvalue weighted by atomic mass is 9.94. The van der Waals surface area contributed by atoms with Crippen LogP contribution >= 0.6 is 23.2 Å². The smallest absolute Gasteiger partial charge is 0.254 e. The Morgan fingerprint density at radius 1 is 1.05 bits per heavy atom. The molecular weight excluding hydrogens is 523 g/mol. The Bertz CT molecular complexity index is 1290. The number of aliphatic hydroxyl groups excluding tert-OH is 1. The summed E-state index contributed by atoms with van der Waals surface area (Å²) in [7, 11) is 1.71. The number of carbonyl (C=O) groups excluding carboxylic acids is 2. The van der Waals surface area contributed by atoms with Gasteiger partial charge in [-0.3, -0.25) is 9.59 Å². The first kappa shape index (κ1) is 28.1. The summed E-state index contributed by atoms with van der Waals surface area (Å²) < 4.78 is 6.48. The largest absolute Gasteiger partial charge is 0.394 e. The van der Waals surface area contributed by atoms with Crippen molar-refractivity contribution in [1.29, 1.82) is 0 Å². The molecule has 1 heterocycles. The molecule has 4 rings (SSSR count). The predicted octanol–water partition coefficient (Wildman–Crippen LogP) is 5.79. The molecule has 0 radical (unpaired) electrons. The van der Waals surface area contributed by atoms with E-state index in [0.29, 0.717) is 34.3 Å². The summed E-state index contributed by atoms with van der Waals surface area (Å²) in [4.78, 5) is 30.4. The Kier molecular flexibility index (Phi) is 9.11. The van der Waals surface area contributed by atoms with Crippen molar-refractivity contribution < 1.29 is 19.4 Å². The van der Waals surface area contributed by atoms with Gasteiger partial charge in [0.1, 0.15) is 0 Å². The van der Waals surface area contributed by atoms with Gasteiger partial charge in [0, 0.05) is 47.2 Å². The second-order valence-electron chi connectivity index (χ2n) is 9.86. The fraction of sp³-hybridized carbons (Fsp3) is 0.333. The number of aliphatic hydroxyl groups is 1. The van der Waals surface area contributed by atoms with Crippen LogP contribution in [0.3, 0.4) is 0 Å². The number of nitrogens with zero attached hydrogens (tertiary/aromatic N) is 2. The molecule has 0 aromatic heterocycles. The summed E-state index contributed by atoms with van der Waals surface area (Å²) >= 11 is 12.2. The van der Waals surface area contributed by atoms with Gasteiger partial charge in [-0.2, -0.15) is 0 Å². The Morgan fingerprint density at radius 2 is 1.66 bits per heavy atom. The normalized spacial score (nSPS) is 18.7. The van der Waals surface area contributed by atoms with Crippen molar-refractivity contribution in [2.45, 2.75) is 32.6 Å². The number of halogens is 2. The van der Waals surface area contributed by atoms with Gasteiger partial charge in [0.2, 0.25) is 0 Å². The van der Waals surface area contributed by atoms with Crippen molar-refractivity contribution in [2.75, 3.05) is 26.7 Å². The van der Waals surface area contributed by atoms with E-state index in [9.17, 15) is 14.7 Å². The van der Waals surface area contributed by atoms with Gasteiger partial charge in [-0.15, -0.1) is 0 Å². The maximum Gasteiger partial charge on any atom is 0.254 e. The van der Waals surface area contributed by atoms with Crippen LogP contribution in [0.2, 0.25) is 10.0 Å². The van der Waals surface area contributed by atoms with Crippen molar-refractivity contribution in [3.05, 3.63) is 93.5 Å². The van der Waals surface area contributed by atoms with Crippen LogP contribution in [0.1, 0.15) is 40.1 Å². The third kappa shape index (κ3) is 6.21. The fourth-order valence-electron chi connectivity index (χ4n) is 4.80. The van der Waals surface area contributed by atoms with Crippen LogP contribution in [0.5, 0.6) is 0 Å². The first-order chi connectivity index (χ1) is 18.2. The van der Waals surface area contributed by atoms with Gasteiger partial charge in [-0.1, -0.05) is 72.6 Å². The molecule has 8 heteroatoms. The van der Waals surface area contributed by atoms with E-state index < -0.39 is 12.1 Å². The second kappa shape index (κ2) is 12.3. The standard InChI is InChI=1S/C30H32Cl2N2O4/c1-19-15-34(20(2)17-35)30(37)27-11-7-6-10-26(27)25-9-5-4-8-21(25)18-38-28(19)16-33(3)29(36)22-12-23(31)14-24(32)13-22/h4-14,19-20,28,35H,15-18H2,1-3H3/t19-,20+,28+/m1/s1. The molecule has 3 atom stereocenters. The molecule has 0 saturated heterocycles. The Morgan fingerprint density at radius 3 is 2.32 bits per heavy atom. The van der Waals surface area contributed by atoms with Gasteiger partial charge in [-0.05, 0) is 47.9 Å². The van der Waals surface area contributed by atoms with E-state index in [1.165, 1.54) is 0 Å². The van der Waals surface area contributed by atoms with Gasteiger partial charge >= 0.3 is 0 Å². The van der Waals surface area contributed by atoms with Crippen LogP contribution in [-0.2, 0) is 11.3 Å². The minimum atomic E-state index is -0.400. The lowest BCUT2D eigenvalue weighted by molar-refractivity contribution is -0.0209. The zero-order chi connectivity index (χ0) is 27.4. The third-order valence-corrected chi connectivity index (χ3v) is 7.44. The first-order valence-electron chi connectivity index (χ1n) is 12.6. The van der Waals surface area contributed by atoms with Crippen molar-refractivity contribution in [3.63, 3.8) is 0 Å². The Hall–Kier alpha value is -2.90. The molecule has 1 aliphatic heterocycles. The van der Waals surface area contributed by atoms with E-state index in [2.05, 4.69) is 0 Å². The zero-order valence-corrected chi connectivity index (χ0v) is 23.2. The molecule has 200 valence electrons. The molecule has 2 amide bonds. The van der Waals surface area contributed by atoms with Crippen LogP contribution in [0, 0.1) is 5.92 Å². The highest BCUT2D eigenvalue weighted by atomic mass is 35.5. The Labute approximate surface area is 233 Å². The molecule has 0 spiro atoms. The average Bonchev–Trinajstić information content (AvgIpc) is 2.93. The van der Waals surface area contributed by atoms with Crippen molar-refractivity contribution in [1.82, 2.24) is 9.80 Å². The summed E-state index contributed by atoms with van der Waals surface area (Å²) in [5, 5.41) is 10.8. The fourth-order valence-corrected chi connectivity index (χ4v) is 5.33. The summed E-state index contributed by atoms with van der Waals surface area (Å²) in [6.45, 7) is 4.61. The highest BCUT2D eigenvalue weighted by molar-refractivity contribution is 6.35. The van der Waals surface area contributed by atoms with Gasteiger partial charge in [0.05, 0.1) is 25.4 Å². The zero-order valence-electron chi connectivity index (χ0n) is 21.7. The topological polar surface area (TPSA) is 70.1 Å². The first-order valence-corrected chi connectivity index (χ1v) is 13.4. The summed E-state index contributed by atoms with van der Waals surface area (Å²) in [6, 6.07) is 19.8. The van der Waals surface area contributed by atoms with E-state index in [1.54, 1.807) is 35.0 Å². The van der Waals surface area contributed by atoms with Gasteiger partial charge in [0.15, 0.2) is 0 Å². The molecule has 0 saturated carbocycles. The van der Waals surface area contributed by atoms with Crippen molar-refractivity contribution in [2.24, 2.45) is 5.92 Å². The lowest BCUT2D eigenvalue weighted by Crippen LogP contribution is -2.47. The van der Waals surface area contributed by atoms with Gasteiger partial charge < -0.3 is 19.6 Å². The molecule has 0 aliphatic carbocycles.